The molecule has 1 unspecified atom stereocenters. The lowest BCUT2D eigenvalue weighted by molar-refractivity contribution is -0.116. The molecular formula is C10H8N2O2. The topological polar surface area (TPSA) is 86.2 Å². The van der Waals surface area contributed by atoms with Crippen molar-refractivity contribution in [3.8, 4) is 0 Å². The van der Waals surface area contributed by atoms with Crippen LogP contribution < -0.4 is 11.5 Å². The molecule has 3 aliphatic carbocycles. The Labute approximate surface area is 79.9 Å². The normalized spacial score (nSPS) is 33.7. The van der Waals surface area contributed by atoms with Gasteiger partial charge >= 0.3 is 0 Å². The molecule has 1 saturated carbocycles. The highest BCUT2D eigenvalue weighted by Crippen LogP contribution is 2.72. The van der Waals surface area contributed by atoms with Crippen LogP contribution in [0.25, 0.3) is 0 Å². The summed E-state index contributed by atoms with van der Waals surface area (Å²) in [6.07, 6.45) is 3.91. The maximum atomic E-state index is 11.7. The van der Waals surface area contributed by atoms with Crippen molar-refractivity contribution in [1.82, 2.24) is 0 Å². The van der Waals surface area contributed by atoms with Crippen LogP contribution in [0.2, 0.25) is 0 Å². The van der Waals surface area contributed by atoms with E-state index in [0.29, 0.717) is 5.57 Å². The number of carbonyl (C=O) groups excluding carboxylic acids is 2. The first kappa shape index (κ1) is 7.55. The van der Waals surface area contributed by atoms with Gasteiger partial charge in [0.15, 0.2) is 0 Å². The number of nitrogens with two attached hydrogens (primary N) is 2. The maximum Gasteiger partial charge on any atom is 0.208 e. The van der Waals surface area contributed by atoms with E-state index in [-0.39, 0.29) is 28.4 Å². The van der Waals surface area contributed by atoms with Gasteiger partial charge in [0.2, 0.25) is 11.6 Å². The Hall–Kier alpha value is -1.84. The van der Waals surface area contributed by atoms with Crippen molar-refractivity contribution in [2.45, 2.75) is 6.42 Å². The third-order valence-electron chi connectivity index (χ3n) is 3.01. The van der Waals surface area contributed by atoms with E-state index in [1.54, 1.807) is 0 Å². The summed E-state index contributed by atoms with van der Waals surface area (Å²) in [6.45, 7) is 0. The van der Waals surface area contributed by atoms with Crippen molar-refractivity contribution in [3.63, 3.8) is 0 Å². The van der Waals surface area contributed by atoms with Crippen molar-refractivity contribution >= 4 is 11.6 Å². The maximum absolute atomic E-state index is 11.7. The Morgan fingerprint density at radius 2 is 1.86 bits per heavy atom. The molecule has 0 aromatic heterocycles. The number of carbonyl (C=O) groups is 2. The van der Waals surface area contributed by atoms with Gasteiger partial charge in [0.05, 0.1) is 11.4 Å². The van der Waals surface area contributed by atoms with Gasteiger partial charge in [0, 0.05) is 17.1 Å². The van der Waals surface area contributed by atoms with Crippen LogP contribution in [0, 0.1) is 5.41 Å². The average Bonchev–Trinajstić information content (AvgIpc) is 2.90. The van der Waals surface area contributed by atoms with Crippen molar-refractivity contribution in [2.24, 2.45) is 16.9 Å². The minimum Gasteiger partial charge on any atom is -0.395 e. The molecule has 3 aliphatic rings. The summed E-state index contributed by atoms with van der Waals surface area (Å²) in [6, 6.07) is 0. The summed E-state index contributed by atoms with van der Waals surface area (Å²) in [5, 5.41) is 0. The number of fused-ring (bicyclic) bond motifs is 1. The Morgan fingerprint density at radius 1 is 1.29 bits per heavy atom. The Kier molecular flexibility index (Phi) is 0.982. The Balaban J connectivity index is 2.12. The van der Waals surface area contributed by atoms with Crippen LogP contribution in [-0.4, -0.2) is 11.6 Å². The Bertz CT molecular complexity index is 496. The minimum absolute atomic E-state index is 0.000116. The predicted octanol–water partition coefficient (Wildman–Crippen LogP) is -0.476. The summed E-state index contributed by atoms with van der Waals surface area (Å²) in [7, 11) is 0. The van der Waals surface area contributed by atoms with Crippen molar-refractivity contribution < 1.29 is 9.59 Å². The molecule has 1 fully saturated rings. The lowest BCUT2D eigenvalue weighted by Gasteiger charge is -2.15. The predicted molar refractivity (Wildman–Crippen MR) is 48.6 cm³/mol. The van der Waals surface area contributed by atoms with E-state index >= 15 is 0 Å². The lowest BCUT2D eigenvalue weighted by Crippen LogP contribution is -2.29. The number of Topliss-reactive ketones (excluding diaryl/α,β-unsaturated/α-hetero) is 1. The highest BCUT2D eigenvalue weighted by molar-refractivity contribution is 6.24. The molecule has 0 spiro atoms. The third-order valence-corrected chi connectivity index (χ3v) is 3.01. The van der Waals surface area contributed by atoms with Gasteiger partial charge in [0.25, 0.3) is 0 Å². The van der Waals surface area contributed by atoms with Gasteiger partial charge in [-0.15, -0.1) is 0 Å². The Morgan fingerprint density at radius 3 is 2.36 bits per heavy atom. The average molecular weight is 188 g/mol. The molecule has 0 aliphatic heterocycles. The smallest absolute Gasteiger partial charge is 0.208 e. The van der Waals surface area contributed by atoms with Crippen LogP contribution in [0.4, 0.5) is 0 Å². The molecule has 0 aromatic rings. The van der Waals surface area contributed by atoms with E-state index in [4.69, 9.17) is 11.5 Å². The standard InChI is InChI=1S/C10H8N2O2/c11-5-1-6(13)8(12)7(9(5)14)10-2-4(10)3-10/h1-2H,3,11-12H2. The molecule has 1 atom stereocenters. The molecule has 3 rings (SSSR count). The second kappa shape index (κ2) is 1.82. The van der Waals surface area contributed by atoms with Gasteiger partial charge in [-0.1, -0.05) is 11.6 Å². The van der Waals surface area contributed by atoms with Crippen molar-refractivity contribution in [2.75, 3.05) is 0 Å². The number of ketones is 2. The molecule has 4 N–H and O–H groups in total. The van der Waals surface area contributed by atoms with Gasteiger partial charge < -0.3 is 11.5 Å². The molecule has 0 radical (unpaired) electrons. The first-order valence-corrected chi connectivity index (χ1v) is 4.35. The summed E-state index contributed by atoms with van der Waals surface area (Å²) in [4.78, 5) is 23.0. The second-order valence-electron chi connectivity index (χ2n) is 3.90. The molecule has 4 heteroatoms. The SMILES string of the molecule is NC1=CC(=O)C(N)=C(C23C=C2C3)C1=O. The number of hydrogen-bond acceptors (Lipinski definition) is 4. The van der Waals surface area contributed by atoms with E-state index < -0.39 is 0 Å². The summed E-state index contributed by atoms with van der Waals surface area (Å²) in [5.41, 5.74) is 12.5. The number of rotatable bonds is 1. The molecular weight excluding hydrogens is 180 g/mol. The fourth-order valence-electron chi connectivity index (χ4n) is 1.93. The first-order valence-electron chi connectivity index (χ1n) is 4.35. The molecule has 14 heavy (non-hydrogen) atoms. The zero-order chi connectivity index (χ0) is 10.1. The zero-order valence-electron chi connectivity index (χ0n) is 7.33. The highest BCUT2D eigenvalue weighted by Gasteiger charge is 2.64. The van der Waals surface area contributed by atoms with Crippen LogP contribution in [-0.2, 0) is 9.59 Å². The molecule has 0 bridgehead atoms. The van der Waals surface area contributed by atoms with Crippen LogP contribution in [0.3, 0.4) is 0 Å². The fourth-order valence-corrected chi connectivity index (χ4v) is 1.93. The highest BCUT2D eigenvalue weighted by atomic mass is 16.1. The van der Waals surface area contributed by atoms with Crippen molar-refractivity contribution in [3.05, 3.63) is 34.7 Å². The van der Waals surface area contributed by atoms with Crippen molar-refractivity contribution in [1.29, 1.82) is 0 Å². The molecule has 0 saturated heterocycles. The monoisotopic (exact) mass is 188 g/mol. The number of allylic oxidation sites excluding steroid dienone is 4. The lowest BCUT2D eigenvalue weighted by atomic mass is 9.89. The van der Waals surface area contributed by atoms with E-state index in [1.165, 1.54) is 5.57 Å². The van der Waals surface area contributed by atoms with Gasteiger partial charge in [-0.3, -0.25) is 9.59 Å². The number of hydrogen-bond donors (Lipinski definition) is 2. The largest absolute Gasteiger partial charge is 0.395 e. The summed E-state index contributed by atoms with van der Waals surface area (Å²) >= 11 is 0. The zero-order valence-corrected chi connectivity index (χ0v) is 7.33. The van der Waals surface area contributed by atoms with E-state index in [2.05, 4.69) is 0 Å². The van der Waals surface area contributed by atoms with Gasteiger partial charge in [-0.2, -0.15) is 0 Å². The summed E-state index contributed by atoms with van der Waals surface area (Å²) < 4.78 is 0. The van der Waals surface area contributed by atoms with Gasteiger partial charge in [-0.05, 0) is 6.42 Å². The van der Waals surface area contributed by atoms with E-state index in [9.17, 15) is 9.59 Å². The van der Waals surface area contributed by atoms with Crippen LogP contribution in [0.1, 0.15) is 6.42 Å². The quantitative estimate of drug-likeness (QED) is 0.430. The molecule has 0 heterocycles. The van der Waals surface area contributed by atoms with E-state index in [0.717, 1.165) is 12.5 Å². The first-order chi connectivity index (χ1) is 6.56. The van der Waals surface area contributed by atoms with Crippen LogP contribution in [0.5, 0.6) is 0 Å². The molecule has 4 nitrogen and oxygen atoms in total. The second-order valence-corrected chi connectivity index (χ2v) is 3.90. The van der Waals surface area contributed by atoms with Crippen LogP contribution >= 0.6 is 0 Å². The molecule has 70 valence electrons. The summed E-state index contributed by atoms with van der Waals surface area (Å²) in [5.74, 6) is -0.635. The third kappa shape index (κ3) is 0.652. The van der Waals surface area contributed by atoms with Crippen LogP contribution in [0.15, 0.2) is 34.7 Å². The van der Waals surface area contributed by atoms with Gasteiger partial charge in [-0.25, -0.2) is 0 Å². The van der Waals surface area contributed by atoms with E-state index in [1.807, 2.05) is 6.08 Å². The van der Waals surface area contributed by atoms with Gasteiger partial charge in [0.1, 0.15) is 0 Å². The molecule has 0 amide bonds. The minimum atomic E-state index is -0.349. The molecule has 0 aromatic carbocycles. The fraction of sp³-hybridized carbons (Fsp3) is 0.200.